The lowest BCUT2D eigenvalue weighted by Gasteiger charge is -2.42. The highest BCUT2D eigenvalue weighted by Crippen LogP contribution is 2.43. The summed E-state index contributed by atoms with van der Waals surface area (Å²) in [5, 5.41) is 0. The number of primary amides is 1. The third-order valence-corrected chi connectivity index (χ3v) is 10.2. The zero-order chi connectivity index (χ0) is 21.3. The smallest absolute Gasteiger partial charge is 0.237 e. The maximum atomic E-state index is 12.6. The highest BCUT2D eigenvalue weighted by atomic mass is 32.2. The fourth-order valence-corrected chi connectivity index (χ4v) is 7.12. The van der Waals surface area contributed by atoms with E-state index in [2.05, 4.69) is 6.42 Å². The summed E-state index contributed by atoms with van der Waals surface area (Å²) >= 11 is 0. The lowest BCUT2D eigenvalue weighted by atomic mass is 9.87. The minimum atomic E-state index is -3.28. The Balaban J connectivity index is 1.48. The Bertz CT molecular complexity index is 804. The largest absolute Gasteiger partial charge is 0.368 e. The molecule has 2 bridgehead atoms. The van der Waals surface area contributed by atoms with Crippen LogP contribution in [0.3, 0.4) is 0 Å². The van der Waals surface area contributed by atoms with Gasteiger partial charge in [-0.25, -0.2) is 16.8 Å². The number of piperidine rings is 1. The fourth-order valence-electron chi connectivity index (χ4n) is 4.82. The van der Waals surface area contributed by atoms with Crippen LogP contribution in [0, 0.1) is 6.42 Å². The Morgan fingerprint density at radius 1 is 1.10 bits per heavy atom. The van der Waals surface area contributed by atoms with E-state index in [0.717, 1.165) is 12.8 Å². The number of fused-ring (bicyclic) bond motifs is 2. The molecule has 2 unspecified atom stereocenters. The Morgan fingerprint density at radius 2 is 1.76 bits per heavy atom. The molecule has 3 rings (SSSR count). The zero-order valence-electron chi connectivity index (χ0n) is 17.1. The summed E-state index contributed by atoms with van der Waals surface area (Å²) in [6.07, 6.45) is 5.16. The van der Waals surface area contributed by atoms with Gasteiger partial charge in [0.1, 0.15) is 5.54 Å². The van der Waals surface area contributed by atoms with Gasteiger partial charge in [-0.05, 0) is 39.0 Å². The first kappa shape index (κ1) is 22.9. The van der Waals surface area contributed by atoms with Gasteiger partial charge in [0.15, 0.2) is 9.84 Å². The van der Waals surface area contributed by atoms with Crippen molar-refractivity contribution in [2.45, 2.75) is 44.2 Å². The molecule has 0 spiro atoms. The number of hydrogen-bond donors (Lipinski definition) is 1. The van der Waals surface area contributed by atoms with Crippen molar-refractivity contribution in [2.24, 2.45) is 5.73 Å². The summed E-state index contributed by atoms with van der Waals surface area (Å²) in [6.45, 7) is 4.27. The van der Waals surface area contributed by atoms with E-state index in [4.69, 9.17) is 5.73 Å². The highest BCUT2D eigenvalue weighted by molar-refractivity contribution is 7.91. The molecule has 3 saturated heterocycles. The molecule has 2 atom stereocenters. The molecule has 1 amide bonds. The number of hydrogen-bond acceptors (Lipinski definition) is 7. The molecule has 3 aliphatic heterocycles. The van der Waals surface area contributed by atoms with Crippen LogP contribution < -0.4 is 5.73 Å². The van der Waals surface area contributed by atoms with Crippen molar-refractivity contribution in [3.8, 4) is 0 Å². The Morgan fingerprint density at radius 3 is 2.38 bits per heavy atom. The molecule has 3 fully saturated rings. The van der Waals surface area contributed by atoms with Gasteiger partial charge >= 0.3 is 0 Å². The molecular formula is C18H33N4O5S2. The number of nitrogens with zero attached hydrogens (tertiary/aromatic N) is 3. The van der Waals surface area contributed by atoms with Crippen LogP contribution in [0.2, 0.25) is 0 Å². The van der Waals surface area contributed by atoms with Crippen LogP contribution in [0.25, 0.3) is 0 Å². The summed E-state index contributed by atoms with van der Waals surface area (Å²) in [4.78, 5) is 16.1. The minimum Gasteiger partial charge on any atom is -0.368 e. The van der Waals surface area contributed by atoms with Gasteiger partial charge in [0, 0.05) is 45.3 Å². The number of carbonyl (C=O) groups is 1. The van der Waals surface area contributed by atoms with Gasteiger partial charge in [-0.2, -0.15) is 4.31 Å². The monoisotopic (exact) mass is 449 g/mol. The van der Waals surface area contributed by atoms with Crippen LogP contribution in [0.1, 0.15) is 32.6 Å². The second kappa shape index (κ2) is 8.78. The van der Waals surface area contributed by atoms with Crippen LogP contribution in [0.15, 0.2) is 0 Å². The second-order valence-corrected chi connectivity index (χ2v) is 12.9. The number of carbonyl (C=O) groups excluding carboxylic acids is 1. The first-order chi connectivity index (χ1) is 13.6. The zero-order valence-corrected chi connectivity index (χ0v) is 18.8. The van der Waals surface area contributed by atoms with Crippen molar-refractivity contribution < 1.29 is 21.6 Å². The second-order valence-electron chi connectivity index (χ2n) is 8.30. The molecule has 0 saturated carbocycles. The molecule has 167 valence electrons. The van der Waals surface area contributed by atoms with Gasteiger partial charge in [-0.15, -0.1) is 0 Å². The SMILES string of the molecule is CCS(=O)(=O)N1CCN(CCS(=O)(=O)CCN2C3C[CH]CC2(C(N)=O)CC3)CC1. The lowest BCUT2D eigenvalue weighted by molar-refractivity contribution is -0.130. The van der Waals surface area contributed by atoms with Crippen molar-refractivity contribution in [2.75, 3.05) is 56.5 Å². The summed E-state index contributed by atoms with van der Waals surface area (Å²) in [6, 6.07) is 0.208. The molecule has 0 aromatic rings. The van der Waals surface area contributed by atoms with Crippen molar-refractivity contribution in [1.82, 2.24) is 14.1 Å². The molecule has 3 aliphatic rings. The number of rotatable bonds is 9. The van der Waals surface area contributed by atoms with E-state index < -0.39 is 25.4 Å². The van der Waals surface area contributed by atoms with Crippen molar-refractivity contribution >= 4 is 25.8 Å². The van der Waals surface area contributed by atoms with E-state index in [-0.39, 0.29) is 29.2 Å². The third-order valence-electron chi connectivity index (χ3n) is 6.71. The molecule has 0 aromatic carbocycles. The first-order valence-electron chi connectivity index (χ1n) is 10.4. The number of sulfonamides is 1. The molecular weight excluding hydrogens is 416 g/mol. The van der Waals surface area contributed by atoms with Crippen molar-refractivity contribution in [3.05, 3.63) is 6.42 Å². The highest BCUT2D eigenvalue weighted by Gasteiger charge is 2.52. The maximum Gasteiger partial charge on any atom is 0.237 e. The fraction of sp³-hybridized carbons (Fsp3) is 0.889. The van der Waals surface area contributed by atoms with Crippen LogP contribution >= 0.6 is 0 Å². The average Bonchev–Trinajstić information content (AvgIpc) is 2.89. The quantitative estimate of drug-likeness (QED) is 0.482. The summed E-state index contributed by atoms with van der Waals surface area (Å²) < 4.78 is 50.5. The number of amides is 1. The van der Waals surface area contributed by atoms with E-state index in [1.807, 2.05) is 9.80 Å². The Labute approximate surface area is 174 Å². The lowest BCUT2D eigenvalue weighted by Crippen LogP contribution is -2.59. The normalized spacial score (nSPS) is 29.9. The van der Waals surface area contributed by atoms with Gasteiger partial charge in [-0.1, -0.05) is 0 Å². The van der Waals surface area contributed by atoms with E-state index in [0.29, 0.717) is 52.1 Å². The summed E-state index contributed by atoms with van der Waals surface area (Å²) in [5.41, 5.74) is 4.96. The van der Waals surface area contributed by atoms with E-state index >= 15 is 0 Å². The average molecular weight is 450 g/mol. The number of sulfone groups is 1. The van der Waals surface area contributed by atoms with E-state index in [1.54, 1.807) is 6.92 Å². The first-order valence-corrected chi connectivity index (χ1v) is 13.8. The molecule has 2 N–H and O–H groups in total. The van der Waals surface area contributed by atoms with Crippen molar-refractivity contribution in [1.29, 1.82) is 0 Å². The van der Waals surface area contributed by atoms with Crippen LogP contribution in [-0.4, -0.2) is 105 Å². The van der Waals surface area contributed by atoms with Crippen molar-refractivity contribution in [3.63, 3.8) is 0 Å². The number of nitrogens with two attached hydrogens (primary N) is 1. The standard InChI is InChI=1S/C18H33N4O5S2/c1-2-29(26,27)21-10-8-20(9-11-21)12-14-28(24,25)15-13-22-16-4-3-6-18(22,7-5-16)17(19)23/h3,16H,2,4-15H2,1H3,(H2,19,23). The third kappa shape index (κ3) is 4.95. The molecule has 0 aromatic heterocycles. The Kier molecular flexibility index (Phi) is 6.94. The topological polar surface area (TPSA) is 121 Å². The van der Waals surface area contributed by atoms with Gasteiger partial charge in [0.2, 0.25) is 15.9 Å². The van der Waals surface area contributed by atoms with Crippen LogP contribution in [0.5, 0.6) is 0 Å². The molecule has 11 heteroatoms. The summed E-state index contributed by atoms with van der Waals surface area (Å²) in [7, 11) is -6.46. The molecule has 0 aliphatic carbocycles. The molecule has 1 radical (unpaired) electrons. The Hall–Kier alpha value is -0.750. The van der Waals surface area contributed by atoms with Crippen LogP contribution in [0.4, 0.5) is 0 Å². The molecule has 3 heterocycles. The number of piperazine rings is 1. The van der Waals surface area contributed by atoms with Gasteiger partial charge in [-0.3, -0.25) is 14.6 Å². The predicted molar refractivity (Wildman–Crippen MR) is 111 cm³/mol. The minimum absolute atomic E-state index is 0.0166. The van der Waals surface area contributed by atoms with Gasteiger partial charge in [0.25, 0.3) is 0 Å². The van der Waals surface area contributed by atoms with Gasteiger partial charge in [0.05, 0.1) is 17.3 Å². The molecule has 9 nitrogen and oxygen atoms in total. The van der Waals surface area contributed by atoms with Gasteiger partial charge < -0.3 is 5.73 Å². The maximum absolute atomic E-state index is 12.6. The summed E-state index contributed by atoms with van der Waals surface area (Å²) in [5.74, 6) is -0.207. The van der Waals surface area contributed by atoms with E-state index in [9.17, 15) is 21.6 Å². The van der Waals surface area contributed by atoms with Crippen LogP contribution in [-0.2, 0) is 24.7 Å². The molecule has 29 heavy (non-hydrogen) atoms. The van der Waals surface area contributed by atoms with E-state index in [1.165, 1.54) is 4.31 Å². The predicted octanol–water partition coefficient (Wildman–Crippen LogP) is -0.945.